The Morgan fingerprint density at radius 3 is 1.91 bits per heavy atom. The van der Waals surface area contributed by atoms with E-state index in [9.17, 15) is 26.7 Å². The third-order valence-corrected chi connectivity index (χ3v) is 3.92. The summed E-state index contributed by atoms with van der Waals surface area (Å²) in [6, 6.07) is 1.59. The molecule has 0 unspecified atom stereocenters. The van der Waals surface area contributed by atoms with Crippen LogP contribution in [0.4, 0.5) is 22.0 Å². The number of hydrogen-bond donors (Lipinski definition) is 0. The minimum absolute atomic E-state index is 0.322. The van der Waals surface area contributed by atoms with Crippen molar-refractivity contribution in [1.29, 1.82) is 0 Å². The first kappa shape index (κ1) is 16.4. The lowest BCUT2D eigenvalue weighted by molar-refractivity contribution is 0.104. The van der Waals surface area contributed by atoms with Gasteiger partial charge < -0.3 is 0 Å². The van der Waals surface area contributed by atoms with Gasteiger partial charge in [-0.25, -0.2) is 22.0 Å². The number of halogens is 5. The van der Waals surface area contributed by atoms with E-state index in [0.29, 0.717) is 16.5 Å². The summed E-state index contributed by atoms with van der Waals surface area (Å²) < 4.78 is 65.9. The Labute approximate surface area is 126 Å². The standard InChI is InChI=1S/C15H9F5OS/c1-6-5-9(7(2)22-6)10(21)4-3-8-11(16)13(18)15(20)14(19)12(8)17/h3-5H,1-2H3/b4-3+. The van der Waals surface area contributed by atoms with Crippen molar-refractivity contribution in [2.24, 2.45) is 0 Å². The van der Waals surface area contributed by atoms with Gasteiger partial charge in [-0.2, -0.15) is 0 Å². The van der Waals surface area contributed by atoms with Crippen LogP contribution in [0, 0.1) is 42.9 Å². The van der Waals surface area contributed by atoms with Crippen molar-refractivity contribution in [3.8, 4) is 0 Å². The van der Waals surface area contributed by atoms with Gasteiger partial charge in [0.25, 0.3) is 0 Å². The van der Waals surface area contributed by atoms with E-state index in [2.05, 4.69) is 0 Å². The molecule has 0 aliphatic rings. The number of benzene rings is 1. The van der Waals surface area contributed by atoms with Crippen LogP contribution in [0.1, 0.15) is 25.7 Å². The molecule has 7 heteroatoms. The Morgan fingerprint density at radius 1 is 0.955 bits per heavy atom. The molecule has 0 fully saturated rings. The molecule has 0 amide bonds. The zero-order valence-corrected chi connectivity index (χ0v) is 12.3. The highest BCUT2D eigenvalue weighted by atomic mass is 32.1. The van der Waals surface area contributed by atoms with E-state index >= 15 is 0 Å². The molecule has 0 aliphatic heterocycles. The average molecular weight is 332 g/mol. The van der Waals surface area contributed by atoms with Crippen molar-refractivity contribution in [3.63, 3.8) is 0 Å². The molecular formula is C15H9F5OS. The van der Waals surface area contributed by atoms with Gasteiger partial charge >= 0.3 is 0 Å². The Hall–Kier alpha value is -2.02. The lowest BCUT2D eigenvalue weighted by Crippen LogP contribution is -2.04. The first-order valence-corrected chi connectivity index (χ1v) is 6.86. The molecule has 1 nitrogen and oxygen atoms in total. The third kappa shape index (κ3) is 2.81. The SMILES string of the molecule is Cc1cc(C(=O)/C=C/c2c(F)c(F)c(F)c(F)c2F)c(C)s1. The molecule has 1 aromatic heterocycles. The largest absolute Gasteiger partial charge is 0.289 e. The van der Waals surface area contributed by atoms with Crippen LogP contribution >= 0.6 is 11.3 Å². The van der Waals surface area contributed by atoms with E-state index in [1.54, 1.807) is 19.9 Å². The Bertz CT molecular complexity index is 763. The number of ketones is 1. The molecule has 116 valence electrons. The zero-order chi connectivity index (χ0) is 16.6. The van der Waals surface area contributed by atoms with Gasteiger partial charge in [0.15, 0.2) is 29.1 Å². The summed E-state index contributed by atoms with van der Waals surface area (Å²) in [5.74, 6) is -10.9. The van der Waals surface area contributed by atoms with E-state index in [4.69, 9.17) is 0 Å². The lowest BCUT2D eigenvalue weighted by atomic mass is 10.1. The summed E-state index contributed by atoms with van der Waals surface area (Å²) in [5, 5.41) is 0. The van der Waals surface area contributed by atoms with Crippen LogP contribution in [0.3, 0.4) is 0 Å². The number of hydrogen-bond acceptors (Lipinski definition) is 2. The Morgan fingerprint density at radius 2 is 1.45 bits per heavy atom. The van der Waals surface area contributed by atoms with Gasteiger partial charge in [0, 0.05) is 15.3 Å². The maximum Gasteiger partial charge on any atom is 0.200 e. The van der Waals surface area contributed by atoms with Crippen molar-refractivity contribution in [3.05, 3.63) is 62.1 Å². The number of carbonyl (C=O) groups excluding carboxylic acids is 1. The number of rotatable bonds is 3. The van der Waals surface area contributed by atoms with Gasteiger partial charge in [0.05, 0.1) is 5.56 Å². The number of aryl methyl sites for hydroxylation is 2. The number of carbonyl (C=O) groups is 1. The van der Waals surface area contributed by atoms with Crippen LogP contribution < -0.4 is 0 Å². The molecule has 0 radical (unpaired) electrons. The van der Waals surface area contributed by atoms with Crippen molar-refractivity contribution >= 4 is 23.2 Å². The van der Waals surface area contributed by atoms with E-state index in [1.165, 1.54) is 11.3 Å². The summed E-state index contributed by atoms with van der Waals surface area (Å²) in [7, 11) is 0. The topological polar surface area (TPSA) is 17.1 Å². The average Bonchev–Trinajstić information content (AvgIpc) is 2.81. The Balaban J connectivity index is 2.43. The van der Waals surface area contributed by atoms with Crippen LogP contribution in [0.2, 0.25) is 0 Å². The molecule has 0 spiro atoms. The highest BCUT2D eigenvalue weighted by Gasteiger charge is 2.24. The molecule has 0 atom stereocenters. The Kier molecular flexibility index (Phi) is 4.46. The molecule has 0 N–H and O–H groups in total. The first-order chi connectivity index (χ1) is 10.2. The summed E-state index contributed by atoms with van der Waals surface area (Å²) >= 11 is 1.36. The fourth-order valence-corrected chi connectivity index (χ4v) is 2.82. The molecular weight excluding hydrogens is 323 g/mol. The highest BCUT2D eigenvalue weighted by Crippen LogP contribution is 2.25. The van der Waals surface area contributed by atoms with Gasteiger partial charge in [-0.05, 0) is 32.1 Å². The van der Waals surface area contributed by atoms with Crippen LogP contribution in [-0.2, 0) is 0 Å². The predicted octanol–water partition coefficient (Wildman–Crippen LogP) is 4.96. The summed E-state index contributed by atoms with van der Waals surface area (Å²) in [6.07, 6.45) is 1.37. The maximum absolute atomic E-state index is 13.5. The molecule has 22 heavy (non-hydrogen) atoms. The zero-order valence-electron chi connectivity index (χ0n) is 11.4. The molecule has 0 saturated heterocycles. The van der Waals surface area contributed by atoms with Crippen LogP contribution in [0.25, 0.3) is 6.08 Å². The van der Waals surface area contributed by atoms with Crippen molar-refractivity contribution in [2.45, 2.75) is 13.8 Å². The molecule has 0 bridgehead atoms. The first-order valence-electron chi connectivity index (χ1n) is 6.05. The normalized spacial score (nSPS) is 11.4. The fourth-order valence-electron chi connectivity index (χ4n) is 1.89. The van der Waals surface area contributed by atoms with Crippen molar-refractivity contribution < 1.29 is 26.7 Å². The van der Waals surface area contributed by atoms with Gasteiger partial charge in [0.2, 0.25) is 5.82 Å². The van der Waals surface area contributed by atoms with Gasteiger partial charge in [0.1, 0.15) is 0 Å². The lowest BCUT2D eigenvalue weighted by Gasteiger charge is -2.04. The molecule has 2 rings (SSSR count). The smallest absolute Gasteiger partial charge is 0.200 e. The van der Waals surface area contributed by atoms with Crippen LogP contribution in [0.15, 0.2) is 12.1 Å². The van der Waals surface area contributed by atoms with Gasteiger partial charge in [-0.1, -0.05) is 0 Å². The minimum atomic E-state index is -2.23. The quantitative estimate of drug-likeness (QED) is 0.255. The molecule has 0 aliphatic carbocycles. The number of allylic oxidation sites excluding steroid dienone is 1. The second kappa shape index (κ2) is 6.00. The second-order valence-corrected chi connectivity index (χ2v) is 5.97. The molecule has 1 heterocycles. The van der Waals surface area contributed by atoms with E-state index in [-0.39, 0.29) is 0 Å². The maximum atomic E-state index is 13.5. The fraction of sp³-hybridized carbons (Fsp3) is 0.133. The monoisotopic (exact) mass is 332 g/mol. The molecule has 0 saturated carbocycles. The van der Waals surface area contributed by atoms with E-state index < -0.39 is 40.4 Å². The van der Waals surface area contributed by atoms with E-state index in [1.807, 2.05) is 0 Å². The summed E-state index contributed by atoms with van der Waals surface area (Å²) in [5.41, 5.74) is -0.822. The predicted molar refractivity (Wildman–Crippen MR) is 73.4 cm³/mol. The van der Waals surface area contributed by atoms with Crippen LogP contribution in [-0.4, -0.2) is 5.78 Å². The minimum Gasteiger partial charge on any atom is -0.289 e. The van der Waals surface area contributed by atoms with Crippen LogP contribution in [0.5, 0.6) is 0 Å². The van der Waals surface area contributed by atoms with E-state index in [0.717, 1.165) is 11.0 Å². The van der Waals surface area contributed by atoms with Gasteiger partial charge in [-0.15, -0.1) is 11.3 Å². The second-order valence-electron chi connectivity index (χ2n) is 4.51. The molecule has 1 aromatic carbocycles. The summed E-state index contributed by atoms with van der Waals surface area (Å²) in [6.45, 7) is 3.47. The van der Waals surface area contributed by atoms with Gasteiger partial charge in [-0.3, -0.25) is 4.79 Å². The van der Waals surface area contributed by atoms with Crippen molar-refractivity contribution in [1.82, 2.24) is 0 Å². The highest BCUT2D eigenvalue weighted by molar-refractivity contribution is 7.12. The number of thiophene rings is 1. The molecule has 2 aromatic rings. The van der Waals surface area contributed by atoms with Crippen molar-refractivity contribution in [2.75, 3.05) is 0 Å². The third-order valence-electron chi connectivity index (χ3n) is 2.95. The summed E-state index contributed by atoms with van der Waals surface area (Å²) in [4.78, 5) is 13.5.